The first-order chi connectivity index (χ1) is 10.2. The molecular formula is C18H12BrNO. The SMILES string of the molecule is O=C1c2cc3ccc(Br)cc3nc2CC1c1ccccc1. The first-order valence-electron chi connectivity index (χ1n) is 6.91. The summed E-state index contributed by atoms with van der Waals surface area (Å²) in [6.07, 6.45) is 0.695. The standard InChI is InChI=1S/C18H12BrNO/c19-13-7-6-12-8-15-17(20-16(12)9-13)10-14(18(15)21)11-4-2-1-3-5-11/h1-9,14H,10H2. The van der Waals surface area contributed by atoms with Crippen LogP contribution in [0.2, 0.25) is 0 Å². The molecule has 0 amide bonds. The maximum Gasteiger partial charge on any atom is 0.172 e. The predicted octanol–water partition coefficient (Wildman–Crippen LogP) is 4.52. The molecule has 1 unspecified atom stereocenters. The number of aromatic nitrogens is 1. The van der Waals surface area contributed by atoms with Gasteiger partial charge in [0.15, 0.2) is 5.78 Å². The lowest BCUT2D eigenvalue weighted by molar-refractivity contribution is 0.0973. The molecule has 4 rings (SSSR count). The average molecular weight is 338 g/mol. The first-order valence-corrected chi connectivity index (χ1v) is 7.70. The summed E-state index contributed by atoms with van der Waals surface area (Å²) in [6, 6.07) is 17.9. The molecule has 1 aromatic heterocycles. The largest absolute Gasteiger partial charge is 0.293 e. The highest BCUT2D eigenvalue weighted by Crippen LogP contribution is 2.34. The maximum atomic E-state index is 12.7. The van der Waals surface area contributed by atoms with Crippen LogP contribution < -0.4 is 0 Å². The fourth-order valence-corrected chi connectivity index (χ4v) is 3.33. The van der Waals surface area contributed by atoms with Crippen molar-refractivity contribution in [3.8, 4) is 0 Å². The van der Waals surface area contributed by atoms with E-state index in [0.29, 0.717) is 6.42 Å². The van der Waals surface area contributed by atoms with Crippen molar-refractivity contribution in [3.63, 3.8) is 0 Å². The van der Waals surface area contributed by atoms with E-state index in [-0.39, 0.29) is 11.7 Å². The molecule has 0 radical (unpaired) electrons. The zero-order valence-corrected chi connectivity index (χ0v) is 12.8. The van der Waals surface area contributed by atoms with Crippen LogP contribution in [0.1, 0.15) is 27.5 Å². The topological polar surface area (TPSA) is 30.0 Å². The van der Waals surface area contributed by atoms with Gasteiger partial charge in [-0.25, -0.2) is 0 Å². The van der Waals surface area contributed by atoms with E-state index in [9.17, 15) is 4.79 Å². The number of fused-ring (bicyclic) bond motifs is 2. The molecule has 1 aliphatic rings. The Hall–Kier alpha value is -2.00. The molecule has 0 bridgehead atoms. The van der Waals surface area contributed by atoms with Crippen LogP contribution in [0.15, 0.2) is 59.1 Å². The third-order valence-corrected chi connectivity index (χ3v) is 4.53. The van der Waals surface area contributed by atoms with Gasteiger partial charge in [0.25, 0.3) is 0 Å². The van der Waals surface area contributed by atoms with E-state index in [1.165, 1.54) is 0 Å². The van der Waals surface area contributed by atoms with Crippen LogP contribution >= 0.6 is 15.9 Å². The molecule has 21 heavy (non-hydrogen) atoms. The summed E-state index contributed by atoms with van der Waals surface area (Å²) in [7, 11) is 0. The van der Waals surface area contributed by atoms with E-state index < -0.39 is 0 Å². The van der Waals surface area contributed by atoms with Crippen molar-refractivity contribution in [2.24, 2.45) is 0 Å². The van der Waals surface area contributed by atoms with Crippen LogP contribution in [-0.4, -0.2) is 10.8 Å². The van der Waals surface area contributed by atoms with Gasteiger partial charge in [-0.15, -0.1) is 0 Å². The summed E-state index contributed by atoms with van der Waals surface area (Å²) in [6.45, 7) is 0. The van der Waals surface area contributed by atoms with Crippen molar-refractivity contribution >= 4 is 32.6 Å². The van der Waals surface area contributed by atoms with E-state index in [4.69, 9.17) is 4.98 Å². The van der Waals surface area contributed by atoms with Gasteiger partial charge in [0, 0.05) is 21.8 Å². The smallest absolute Gasteiger partial charge is 0.172 e. The lowest BCUT2D eigenvalue weighted by atomic mass is 9.95. The molecule has 3 heteroatoms. The molecule has 0 saturated carbocycles. The normalized spacial score (nSPS) is 17.2. The highest BCUT2D eigenvalue weighted by atomic mass is 79.9. The van der Waals surface area contributed by atoms with Crippen molar-refractivity contribution in [3.05, 3.63) is 75.9 Å². The molecule has 1 heterocycles. The van der Waals surface area contributed by atoms with Gasteiger partial charge in [-0.3, -0.25) is 9.78 Å². The number of hydrogen-bond acceptors (Lipinski definition) is 2. The number of carbonyl (C=O) groups excluding carboxylic acids is 1. The Morgan fingerprint density at radius 3 is 2.67 bits per heavy atom. The summed E-state index contributed by atoms with van der Waals surface area (Å²) >= 11 is 3.47. The van der Waals surface area contributed by atoms with Gasteiger partial charge in [0.2, 0.25) is 0 Å². The monoisotopic (exact) mass is 337 g/mol. The third-order valence-electron chi connectivity index (χ3n) is 4.04. The molecule has 0 saturated heterocycles. The number of halogens is 1. The lowest BCUT2D eigenvalue weighted by Crippen LogP contribution is -2.06. The number of Topliss-reactive ketones (excluding diaryl/α,β-unsaturated/α-hetero) is 1. The number of benzene rings is 2. The molecule has 1 aliphatic carbocycles. The number of rotatable bonds is 1. The van der Waals surface area contributed by atoms with Gasteiger partial charge in [0.1, 0.15) is 0 Å². The number of ketones is 1. The highest BCUT2D eigenvalue weighted by molar-refractivity contribution is 9.10. The van der Waals surface area contributed by atoms with Crippen LogP contribution in [0.3, 0.4) is 0 Å². The Morgan fingerprint density at radius 2 is 1.86 bits per heavy atom. The number of pyridine rings is 1. The van der Waals surface area contributed by atoms with Gasteiger partial charge in [-0.1, -0.05) is 52.3 Å². The Morgan fingerprint density at radius 1 is 1.05 bits per heavy atom. The molecule has 0 N–H and O–H groups in total. The molecule has 2 nitrogen and oxygen atoms in total. The zero-order chi connectivity index (χ0) is 14.4. The van der Waals surface area contributed by atoms with Gasteiger partial charge >= 0.3 is 0 Å². The van der Waals surface area contributed by atoms with Crippen molar-refractivity contribution < 1.29 is 4.79 Å². The number of hydrogen-bond donors (Lipinski definition) is 0. The second-order valence-corrected chi connectivity index (χ2v) is 6.27. The average Bonchev–Trinajstić information content (AvgIpc) is 2.82. The minimum absolute atomic E-state index is 0.0889. The fraction of sp³-hybridized carbons (Fsp3) is 0.111. The quantitative estimate of drug-likeness (QED) is 0.653. The van der Waals surface area contributed by atoms with Gasteiger partial charge in [-0.05, 0) is 23.8 Å². The van der Waals surface area contributed by atoms with E-state index in [1.807, 2.05) is 54.6 Å². The van der Waals surface area contributed by atoms with Crippen LogP contribution in [0, 0.1) is 0 Å². The predicted molar refractivity (Wildman–Crippen MR) is 86.7 cm³/mol. The zero-order valence-electron chi connectivity index (χ0n) is 11.2. The first kappa shape index (κ1) is 12.7. The van der Waals surface area contributed by atoms with Crippen LogP contribution in [0.4, 0.5) is 0 Å². The fourth-order valence-electron chi connectivity index (χ4n) is 2.98. The van der Waals surface area contributed by atoms with E-state index in [1.54, 1.807) is 0 Å². The second-order valence-electron chi connectivity index (χ2n) is 5.35. The maximum absolute atomic E-state index is 12.7. The molecule has 0 fully saturated rings. The summed E-state index contributed by atoms with van der Waals surface area (Å²) in [5, 5.41) is 1.01. The van der Waals surface area contributed by atoms with Crippen LogP contribution in [0.5, 0.6) is 0 Å². The minimum atomic E-state index is -0.0889. The van der Waals surface area contributed by atoms with Crippen molar-refractivity contribution in [1.82, 2.24) is 4.98 Å². The Labute approximate surface area is 131 Å². The Bertz CT molecular complexity index is 858. The van der Waals surface area contributed by atoms with Crippen LogP contribution in [0.25, 0.3) is 10.9 Å². The van der Waals surface area contributed by atoms with Crippen LogP contribution in [-0.2, 0) is 6.42 Å². The third kappa shape index (κ3) is 2.09. The molecule has 0 aliphatic heterocycles. The van der Waals surface area contributed by atoms with E-state index >= 15 is 0 Å². The summed E-state index contributed by atoms with van der Waals surface area (Å²) in [5.41, 5.74) is 3.70. The summed E-state index contributed by atoms with van der Waals surface area (Å²) in [4.78, 5) is 17.4. The molecule has 0 spiro atoms. The molecule has 1 atom stereocenters. The van der Waals surface area contributed by atoms with Gasteiger partial charge in [0.05, 0.1) is 17.1 Å². The highest BCUT2D eigenvalue weighted by Gasteiger charge is 2.32. The van der Waals surface area contributed by atoms with Crippen molar-refractivity contribution in [2.75, 3.05) is 0 Å². The van der Waals surface area contributed by atoms with Crippen molar-refractivity contribution in [1.29, 1.82) is 0 Å². The molecule has 102 valence electrons. The number of nitrogens with zero attached hydrogens (tertiary/aromatic N) is 1. The van der Waals surface area contributed by atoms with E-state index in [2.05, 4.69) is 15.9 Å². The van der Waals surface area contributed by atoms with Gasteiger partial charge in [-0.2, -0.15) is 0 Å². The second kappa shape index (κ2) is 4.78. The van der Waals surface area contributed by atoms with E-state index in [0.717, 1.165) is 32.2 Å². The molecule has 3 aromatic rings. The Balaban J connectivity index is 1.84. The summed E-state index contributed by atoms with van der Waals surface area (Å²) < 4.78 is 1.01. The molecular weight excluding hydrogens is 326 g/mol. The Kier molecular flexibility index (Phi) is 2.89. The molecule has 2 aromatic carbocycles. The lowest BCUT2D eigenvalue weighted by Gasteiger charge is -2.06. The van der Waals surface area contributed by atoms with Crippen molar-refractivity contribution in [2.45, 2.75) is 12.3 Å². The minimum Gasteiger partial charge on any atom is -0.293 e. The summed E-state index contributed by atoms with van der Waals surface area (Å²) in [5.74, 6) is 0.0995. The number of carbonyl (C=O) groups is 1. The van der Waals surface area contributed by atoms with Gasteiger partial charge < -0.3 is 0 Å².